The minimum Gasteiger partial charge on any atom is -0.301 e. The number of rotatable bonds is 8. The lowest BCUT2D eigenvalue weighted by atomic mass is 9.77. The van der Waals surface area contributed by atoms with E-state index in [1.165, 1.54) is 28.0 Å². The molecule has 0 saturated heterocycles. The molecule has 1 aliphatic rings. The molecule has 0 spiro atoms. The SMILES string of the molecule is O=C(Nc1nc(CCc2ccccc2)cs1)C1(C(c2ccccc2)c2ccccc2)CC1. The zero-order valence-electron chi connectivity index (χ0n) is 17.9. The fourth-order valence-electron chi connectivity index (χ4n) is 4.52. The van der Waals surface area contributed by atoms with Gasteiger partial charge < -0.3 is 5.32 Å². The fourth-order valence-corrected chi connectivity index (χ4v) is 5.26. The summed E-state index contributed by atoms with van der Waals surface area (Å²) in [6.45, 7) is 0. The Hall–Kier alpha value is -3.24. The van der Waals surface area contributed by atoms with Gasteiger partial charge in [0.2, 0.25) is 5.91 Å². The zero-order chi connectivity index (χ0) is 21.8. The van der Waals surface area contributed by atoms with Gasteiger partial charge in [-0.05, 0) is 42.4 Å². The normalized spacial score (nSPS) is 14.3. The van der Waals surface area contributed by atoms with Gasteiger partial charge in [-0.3, -0.25) is 4.79 Å². The molecule has 3 nitrogen and oxygen atoms in total. The lowest BCUT2D eigenvalue weighted by molar-refractivity contribution is -0.121. The summed E-state index contributed by atoms with van der Waals surface area (Å²) in [5.41, 5.74) is 4.29. The molecule has 4 heteroatoms. The van der Waals surface area contributed by atoms with E-state index in [2.05, 4.69) is 83.5 Å². The number of aryl methyl sites for hydroxylation is 2. The number of thiazole rings is 1. The van der Waals surface area contributed by atoms with Crippen LogP contribution in [-0.4, -0.2) is 10.9 Å². The summed E-state index contributed by atoms with van der Waals surface area (Å²) in [6, 6.07) is 31.2. The van der Waals surface area contributed by atoms with Crippen molar-refractivity contribution in [3.05, 3.63) is 119 Å². The van der Waals surface area contributed by atoms with E-state index in [0.717, 1.165) is 31.4 Å². The Morgan fingerprint density at radius 1 is 0.844 bits per heavy atom. The third-order valence-electron chi connectivity index (χ3n) is 6.34. The first-order valence-electron chi connectivity index (χ1n) is 11.1. The number of amides is 1. The highest BCUT2D eigenvalue weighted by atomic mass is 32.1. The number of nitrogens with one attached hydrogen (secondary N) is 1. The van der Waals surface area contributed by atoms with Crippen LogP contribution in [0.1, 0.15) is 41.1 Å². The Bertz CT molecular complexity index is 1130. The molecule has 1 saturated carbocycles. The number of hydrogen-bond acceptors (Lipinski definition) is 3. The van der Waals surface area contributed by atoms with Crippen molar-refractivity contribution in [2.24, 2.45) is 5.41 Å². The van der Waals surface area contributed by atoms with Crippen molar-refractivity contribution in [1.29, 1.82) is 0 Å². The van der Waals surface area contributed by atoms with Crippen molar-refractivity contribution >= 4 is 22.4 Å². The molecule has 32 heavy (non-hydrogen) atoms. The van der Waals surface area contributed by atoms with Crippen LogP contribution in [0.25, 0.3) is 0 Å². The molecule has 5 rings (SSSR count). The van der Waals surface area contributed by atoms with E-state index >= 15 is 0 Å². The van der Waals surface area contributed by atoms with E-state index in [9.17, 15) is 4.79 Å². The summed E-state index contributed by atoms with van der Waals surface area (Å²) in [6.07, 6.45) is 3.60. The second-order valence-corrected chi connectivity index (χ2v) is 9.35. The van der Waals surface area contributed by atoms with Crippen LogP contribution in [0.3, 0.4) is 0 Å². The molecule has 1 heterocycles. The monoisotopic (exact) mass is 438 g/mol. The number of nitrogens with zero attached hydrogens (tertiary/aromatic N) is 1. The summed E-state index contributed by atoms with van der Waals surface area (Å²) in [5.74, 6) is 0.126. The van der Waals surface area contributed by atoms with Crippen LogP contribution in [0.2, 0.25) is 0 Å². The van der Waals surface area contributed by atoms with Crippen molar-refractivity contribution in [3.63, 3.8) is 0 Å². The Labute approximate surface area is 193 Å². The van der Waals surface area contributed by atoms with Crippen molar-refractivity contribution in [1.82, 2.24) is 4.98 Å². The number of aromatic nitrogens is 1. The van der Waals surface area contributed by atoms with Gasteiger partial charge in [0.1, 0.15) is 0 Å². The molecule has 0 radical (unpaired) electrons. The lowest BCUT2D eigenvalue weighted by Gasteiger charge is -2.27. The van der Waals surface area contributed by atoms with Crippen LogP contribution in [0.5, 0.6) is 0 Å². The van der Waals surface area contributed by atoms with Gasteiger partial charge >= 0.3 is 0 Å². The van der Waals surface area contributed by atoms with Gasteiger partial charge in [-0.25, -0.2) is 4.98 Å². The quantitative estimate of drug-likeness (QED) is 0.342. The maximum Gasteiger partial charge on any atom is 0.233 e. The van der Waals surface area contributed by atoms with E-state index < -0.39 is 5.41 Å². The molecule has 0 aliphatic heterocycles. The molecule has 0 atom stereocenters. The van der Waals surface area contributed by atoms with E-state index in [1.54, 1.807) is 0 Å². The molecule has 1 amide bonds. The summed E-state index contributed by atoms with van der Waals surface area (Å²) in [5, 5.41) is 5.91. The van der Waals surface area contributed by atoms with Crippen LogP contribution in [0, 0.1) is 5.41 Å². The highest BCUT2D eigenvalue weighted by Gasteiger charge is 2.56. The lowest BCUT2D eigenvalue weighted by Crippen LogP contribution is -2.30. The van der Waals surface area contributed by atoms with Gasteiger partial charge in [0.05, 0.1) is 11.1 Å². The highest BCUT2D eigenvalue weighted by Crippen LogP contribution is 2.59. The highest BCUT2D eigenvalue weighted by molar-refractivity contribution is 7.13. The maximum atomic E-state index is 13.5. The van der Waals surface area contributed by atoms with Crippen LogP contribution in [0.4, 0.5) is 5.13 Å². The van der Waals surface area contributed by atoms with E-state index in [4.69, 9.17) is 4.98 Å². The largest absolute Gasteiger partial charge is 0.301 e. The van der Waals surface area contributed by atoms with Crippen molar-refractivity contribution in [2.75, 3.05) is 5.32 Å². The number of carbonyl (C=O) groups is 1. The van der Waals surface area contributed by atoms with E-state index in [0.29, 0.717) is 5.13 Å². The first-order chi connectivity index (χ1) is 15.7. The molecule has 0 unspecified atom stereocenters. The van der Waals surface area contributed by atoms with E-state index in [1.807, 2.05) is 18.2 Å². The average Bonchev–Trinajstić information content (AvgIpc) is 3.52. The van der Waals surface area contributed by atoms with Gasteiger partial charge in [-0.2, -0.15) is 0 Å². The van der Waals surface area contributed by atoms with Crippen LogP contribution in [-0.2, 0) is 17.6 Å². The molecular formula is C28H26N2OS. The summed E-state index contributed by atoms with van der Waals surface area (Å²) in [4.78, 5) is 18.2. The van der Waals surface area contributed by atoms with Crippen molar-refractivity contribution < 1.29 is 4.79 Å². The standard InChI is InChI=1S/C28H26N2OS/c31-26(30-27-29-24(20-32-27)17-16-21-10-4-1-5-11-21)28(18-19-28)25(22-12-6-2-7-13-22)23-14-8-3-9-15-23/h1-15,20,25H,16-19H2,(H,29,30,31). The van der Waals surface area contributed by atoms with Crippen LogP contribution >= 0.6 is 11.3 Å². The third kappa shape index (κ3) is 4.37. The predicted octanol–water partition coefficient (Wildman–Crippen LogP) is 6.48. The van der Waals surface area contributed by atoms with Crippen molar-refractivity contribution in [2.45, 2.75) is 31.6 Å². The molecule has 4 aromatic rings. The summed E-state index contributed by atoms with van der Waals surface area (Å²) < 4.78 is 0. The predicted molar refractivity (Wildman–Crippen MR) is 131 cm³/mol. The van der Waals surface area contributed by atoms with Crippen LogP contribution in [0.15, 0.2) is 96.4 Å². The molecule has 1 N–H and O–H groups in total. The Morgan fingerprint density at radius 3 is 1.97 bits per heavy atom. The Kier molecular flexibility index (Phi) is 5.87. The first-order valence-corrected chi connectivity index (χ1v) is 12.0. The second kappa shape index (κ2) is 9.09. The van der Waals surface area contributed by atoms with Gasteiger partial charge in [0.15, 0.2) is 5.13 Å². The van der Waals surface area contributed by atoms with Gasteiger partial charge in [-0.1, -0.05) is 91.0 Å². The minimum absolute atomic E-state index is 0.0439. The van der Waals surface area contributed by atoms with Gasteiger partial charge in [-0.15, -0.1) is 11.3 Å². The first kappa shape index (κ1) is 20.7. The van der Waals surface area contributed by atoms with E-state index in [-0.39, 0.29) is 11.8 Å². The Morgan fingerprint density at radius 2 is 1.41 bits per heavy atom. The Balaban J connectivity index is 1.33. The van der Waals surface area contributed by atoms with Gasteiger partial charge in [0.25, 0.3) is 0 Å². The third-order valence-corrected chi connectivity index (χ3v) is 7.15. The van der Waals surface area contributed by atoms with Gasteiger partial charge in [0, 0.05) is 11.3 Å². The smallest absolute Gasteiger partial charge is 0.233 e. The molecule has 1 aromatic heterocycles. The molecule has 0 bridgehead atoms. The fraction of sp³-hybridized carbons (Fsp3) is 0.214. The molecule has 3 aromatic carbocycles. The number of carbonyl (C=O) groups excluding carboxylic acids is 1. The molecule has 1 aliphatic carbocycles. The maximum absolute atomic E-state index is 13.5. The van der Waals surface area contributed by atoms with Crippen LogP contribution < -0.4 is 5.32 Å². The zero-order valence-corrected chi connectivity index (χ0v) is 18.7. The number of benzene rings is 3. The topological polar surface area (TPSA) is 42.0 Å². The minimum atomic E-state index is -0.418. The summed E-state index contributed by atoms with van der Waals surface area (Å²) in [7, 11) is 0. The summed E-state index contributed by atoms with van der Waals surface area (Å²) >= 11 is 1.52. The van der Waals surface area contributed by atoms with Crippen molar-refractivity contribution in [3.8, 4) is 0 Å². The second-order valence-electron chi connectivity index (χ2n) is 8.49. The average molecular weight is 439 g/mol. The molecule has 1 fully saturated rings. The number of anilines is 1. The molecule has 160 valence electrons. The number of hydrogen-bond donors (Lipinski definition) is 1. The molecular weight excluding hydrogens is 412 g/mol.